The van der Waals surface area contributed by atoms with Crippen LogP contribution in [0.3, 0.4) is 0 Å². The van der Waals surface area contributed by atoms with E-state index in [-0.39, 0.29) is 6.10 Å². The molecule has 0 radical (unpaired) electrons. The van der Waals surface area contributed by atoms with Crippen molar-refractivity contribution in [3.8, 4) is 0 Å². The molecule has 1 N–H and O–H groups in total. The van der Waals surface area contributed by atoms with Gasteiger partial charge in [-0.2, -0.15) is 0 Å². The quantitative estimate of drug-likeness (QED) is 0.415. The average Bonchev–Trinajstić information content (AvgIpc) is 2.55. The van der Waals surface area contributed by atoms with E-state index in [9.17, 15) is 4.57 Å². The van der Waals surface area contributed by atoms with Gasteiger partial charge in [-0.1, -0.05) is 70.9 Å². The molecule has 1 aliphatic carbocycles. The first-order chi connectivity index (χ1) is 11.9. The number of nitrogens with one attached hydrogen (secondary N) is 1. The van der Waals surface area contributed by atoms with Crippen LogP contribution in [-0.4, -0.2) is 12.6 Å². The molecule has 0 heterocycles. The lowest BCUT2D eigenvalue weighted by Gasteiger charge is -2.39. The van der Waals surface area contributed by atoms with Gasteiger partial charge in [0.25, 0.3) is 7.52 Å². The number of benzene rings is 1. The Bertz CT molecular complexity index is 546. The van der Waals surface area contributed by atoms with Crippen LogP contribution in [0, 0.1) is 17.8 Å². The van der Waals surface area contributed by atoms with Crippen molar-refractivity contribution in [3.63, 3.8) is 0 Å². The Morgan fingerprint density at radius 1 is 1.24 bits per heavy atom. The summed E-state index contributed by atoms with van der Waals surface area (Å²) in [6.07, 6.45) is 6.17. The van der Waals surface area contributed by atoms with Gasteiger partial charge in [0.15, 0.2) is 0 Å². The highest BCUT2D eigenvalue weighted by Gasteiger charge is 2.36. The van der Waals surface area contributed by atoms with Gasteiger partial charge in [-0.3, -0.25) is 4.57 Å². The van der Waals surface area contributed by atoms with Crippen LogP contribution in [0.5, 0.6) is 0 Å². The molecule has 1 saturated carbocycles. The van der Waals surface area contributed by atoms with E-state index in [1.807, 2.05) is 30.3 Å². The van der Waals surface area contributed by atoms with Crippen molar-refractivity contribution in [2.75, 3.05) is 6.54 Å². The van der Waals surface area contributed by atoms with E-state index in [2.05, 4.69) is 32.8 Å². The van der Waals surface area contributed by atoms with Crippen molar-refractivity contribution in [2.24, 2.45) is 17.8 Å². The van der Waals surface area contributed by atoms with E-state index in [4.69, 9.17) is 4.52 Å². The summed E-state index contributed by atoms with van der Waals surface area (Å²) >= 11 is 0. The Kier molecular flexibility index (Phi) is 8.19. The van der Waals surface area contributed by atoms with Crippen LogP contribution in [0.1, 0.15) is 65.4 Å². The summed E-state index contributed by atoms with van der Waals surface area (Å²) in [5, 5.41) is 3.30. The number of rotatable bonds is 9. The molecule has 0 aliphatic heterocycles. The lowest BCUT2D eigenvalue weighted by atomic mass is 9.75. The summed E-state index contributed by atoms with van der Waals surface area (Å²) < 4.78 is 20.1. The summed E-state index contributed by atoms with van der Waals surface area (Å²) in [6.45, 7) is 9.74. The Labute approximate surface area is 154 Å². The lowest BCUT2D eigenvalue weighted by molar-refractivity contribution is 0.0463. The minimum atomic E-state index is -2.89. The minimum Gasteiger partial charge on any atom is -0.314 e. The second-order valence-electron chi connectivity index (χ2n) is 8.05. The summed E-state index contributed by atoms with van der Waals surface area (Å²) in [5.41, 5.74) is 1.08. The van der Waals surface area contributed by atoms with Crippen LogP contribution in [0.15, 0.2) is 30.3 Å². The van der Waals surface area contributed by atoms with Crippen LogP contribution in [0.4, 0.5) is 0 Å². The van der Waals surface area contributed by atoms with Crippen molar-refractivity contribution in [1.82, 2.24) is 5.09 Å². The molecule has 3 nitrogen and oxygen atoms in total. The van der Waals surface area contributed by atoms with E-state index in [1.54, 1.807) is 0 Å². The lowest BCUT2D eigenvalue weighted by Crippen LogP contribution is -2.35. The van der Waals surface area contributed by atoms with Crippen LogP contribution < -0.4 is 5.09 Å². The fraction of sp³-hybridized carbons (Fsp3) is 0.714. The van der Waals surface area contributed by atoms with Gasteiger partial charge in [-0.15, -0.1) is 0 Å². The summed E-state index contributed by atoms with van der Waals surface area (Å²) in [5.74, 6) is 1.73. The molecular formula is C21H36NO2P. The fourth-order valence-electron chi connectivity index (χ4n) is 3.84. The predicted molar refractivity (Wildman–Crippen MR) is 107 cm³/mol. The molecule has 0 amide bonds. The van der Waals surface area contributed by atoms with Gasteiger partial charge < -0.3 is 4.52 Å². The first-order valence-corrected chi connectivity index (χ1v) is 11.8. The molecule has 1 aromatic carbocycles. The third-order valence-corrected chi connectivity index (χ3v) is 7.48. The van der Waals surface area contributed by atoms with Gasteiger partial charge in [-0.25, -0.2) is 5.09 Å². The maximum atomic E-state index is 13.7. The number of hydrogen-bond acceptors (Lipinski definition) is 2. The maximum absolute atomic E-state index is 13.7. The van der Waals surface area contributed by atoms with Gasteiger partial charge in [-0.05, 0) is 42.6 Å². The zero-order chi connectivity index (χ0) is 18.3. The predicted octanol–water partition coefficient (Wildman–Crippen LogP) is 6.25. The van der Waals surface area contributed by atoms with Crippen molar-refractivity contribution in [1.29, 1.82) is 0 Å². The Balaban J connectivity index is 2.14. The van der Waals surface area contributed by atoms with Gasteiger partial charge in [0, 0.05) is 6.54 Å². The highest BCUT2D eigenvalue weighted by atomic mass is 31.2. The monoisotopic (exact) mass is 365 g/mol. The van der Waals surface area contributed by atoms with Gasteiger partial charge >= 0.3 is 0 Å². The molecule has 1 aromatic rings. The molecule has 0 saturated heterocycles. The van der Waals surface area contributed by atoms with Gasteiger partial charge in [0.1, 0.15) is 0 Å². The normalized spacial score (nSPS) is 26.5. The second-order valence-corrected chi connectivity index (χ2v) is 10.2. The smallest absolute Gasteiger partial charge is 0.274 e. The Morgan fingerprint density at radius 2 is 1.96 bits per heavy atom. The van der Waals surface area contributed by atoms with Crippen molar-refractivity contribution in [2.45, 2.75) is 72.1 Å². The highest BCUT2D eigenvalue weighted by molar-refractivity contribution is 7.56. The van der Waals surface area contributed by atoms with E-state index in [0.29, 0.717) is 23.9 Å². The molecule has 0 unspecified atom stereocenters. The molecule has 0 spiro atoms. The molecule has 1 fully saturated rings. The van der Waals surface area contributed by atoms with Gasteiger partial charge in [0.2, 0.25) is 0 Å². The van der Waals surface area contributed by atoms with Crippen LogP contribution in [0.25, 0.3) is 0 Å². The Hall–Kier alpha value is -0.630. The van der Waals surface area contributed by atoms with Crippen molar-refractivity contribution < 1.29 is 9.09 Å². The number of hydrogen-bond donors (Lipinski definition) is 1. The van der Waals surface area contributed by atoms with Crippen LogP contribution >= 0.6 is 7.52 Å². The maximum Gasteiger partial charge on any atom is 0.274 e. The van der Waals surface area contributed by atoms with Crippen LogP contribution in [-0.2, 0) is 15.3 Å². The third kappa shape index (κ3) is 6.55. The topological polar surface area (TPSA) is 38.3 Å². The molecule has 0 bridgehead atoms. The SMILES string of the molecule is CCCCN[P@@](=O)(Cc1ccccc1)O[C@@H]1C[C@H](C)CC[C@H]1C(C)C. The molecular weight excluding hydrogens is 329 g/mol. The number of unbranched alkanes of at least 4 members (excludes halogenated alkanes) is 1. The molecule has 4 atom stereocenters. The molecule has 4 heteroatoms. The summed E-state index contributed by atoms with van der Waals surface area (Å²) in [4.78, 5) is 0. The average molecular weight is 365 g/mol. The minimum absolute atomic E-state index is 0.104. The highest BCUT2D eigenvalue weighted by Crippen LogP contribution is 2.51. The van der Waals surface area contributed by atoms with E-state index in [1.165, 1.54) is 12.8 Å². The van der Waals surface area contributed by atoms with E-state index in [0.717, 1.165) is 31.4 Å². The standard InChI is InChI=1S/C21H36NO2P/c1-5-6-14-22-25(23,16-19-10-8-7-9-11-19)24-21-15-18(4)12-13-20(21)17(2)3/h7-11,17-18,20-21H,5-6,12-16H2,1-4H3,(H,22,23)/t18-,20+,21-,25-/m1/s1. The summed E-state index contributed by atoms with van der Waals surface area (Å²) in [7, 11) is -2.89. The van der Waals surface area contributed by atoms with E-state index >= 15 is 0 Å². The first kappa shape index (κ1) is 20.7. The van der Waals surface area contributed by atoms with Crippen molar-refractivity contribution >= 4 is 7.52 Å². The zero-order valence-corrected chi connectivity index (χ0v) is 17.3. The summed E-state index contributed by atoms with van der Waals surface area (Å²) in [6, 6.07) is 10.1. The molecule has 142 valence electrons. The zero-order valence-electron chi connectivity index (χ0n) is 16.4. The Morgan fingerprint density at radius 3 is 2.60 bits per heavy atom. The molecule has 2 rings (SSSR count). The fourth-order valence-corrected chi connectivity index (χ4v) is 5.97. The van der Waals surface area contributed by atoms with Crippen LogP contribution in [0.2, 0.25) is 0 Å². The largest absolute Gasteiger partial charge is 0.314 e. The van der Waals surface area contributed by atoms with Gasteiger partial charge in [0.05, 0.1) is 12.3 Å². The van der Waals surface area contributed by atoms with E-state index < -0.39 is 7.52 Å². The molecule has 1 aliphatic rings. The second kappa shape index (κ2) is 9.90. The molecule has 25 heavy (non-hydrogen) atoms. The third-order valence-electron chi connectivity index (χ3n) is 5.38. The first-order valence-electron chi connectivity index (χ1n) is 10.00. The molecule has 0 aromatic heterocycles. The van der Waals surface area contributed by atoms with Crippen molar-refractivity contribution in [3.05, 3.63) is 35.9 Å².